The first-order valence-electron chi connectivity index (χ1n) is 9.06. The van der Waals surface area contributed by atoms with Crippen LogP contribution in [0.3, 0.4) is 0 Å². The van der Waals surface area contributed by atoms with Crippen molar-refractivity contribution in [2.24, 2.45) is 0 Å². The van der Waals surface area contributed by atoms with Crippen LogP contribution in [-0.4, -0.2) is 25.5 Å². The smallest absolute Gasteiger partial charge is 0.744 e. The number of rotatable bonds is 8. The fourth-order valence-corrected chi connectivity index (χ4v) is 2.76. The van der Waals surface area contributed by atoms with E-state index in [4.69, 9.17) is 4.74 Å². The molecule has 0 heterocycles. The largest absolute Gasteiger partial charge is 1.00 e. The third-order valence-electron chi connectivity index (χ3n) is 3.68. The number of hydrogen-bond acceptors (Lipinski definition) is 5. The Kier molecular flexibility index (Phi) is 14.0. The first-order chi connectivity index (χ1) is 13.8. The summed E-state index contributed by atoms with van der Waals surface area (Å²) >= 11 is 0. The average molecular weight is 437 g/mol. The van der Waals surface area contributed by atoms with Crippen molar-refractivity contribution in [3.05, 3.63) is 95.4 Å². The SMILES string of the molecule is C=C(C(=O)OCCCC)C(=Cc1ccccc1)S(=O)(=O)[O-].C=Cc1ccccc1.[Na+]. The van der Waals surface area contributed by atoms with Crippen LogP contribution in [0.4, 0.5) is 0 Å². The molecule has 0 bridgehead atoms. The molecule has 0 aliphatic carbocycles. The molecule has 0 amide bonds. The molecule has 0 fully saturated rings. The van der Waals surface area contributed by atoms with E-state index in [1.807, 2.05) is 43.3 Å². The maximum absolute atomic E-state index is 11.7. The van der Waals surface area contributed by atoms with Crippen molar-refractivity contribution < 1.29 is 52.1 Å². The van der Waals surface area contributed by atoms with E-state index in [1.165, 1.54) is 5.56 Å². The second-order valence-corrected chi connectivity index (χ2v) is 7.30. The monoisotopic (exact) mass is 436 g/mol. The first-order valence-corrected chi connectivity index (χ1v) is 10.5. The molecular weight excluding hydrogens is 411 g/mol. The van der Waals surface area contributed by atoms with Crippen molar-refractivity contribution in [2.45, 2.75) is 19.8 Å². The summed E-state index contributed by atoms with van der Waals surface area (Å²) in [6.45, 7) is 9.09. The van der Waals surface area contributed by atoms with Crippen molar-refractivity contribution in [3.63, 3.8) is 0 Å². The average Bonchev–Trinajstić information content (AvgIpc) is 2.72. The zero-order valence-electron chi connectivity index (χ0n) is 17.4. The van der Waals surface area contributed by atoms with Crippen LogP contribution in [0.1, 0.15) is 30.9 Å². The van der Waals surface area contributed by atoms with Crippen molar-refractivity contribution in [1.82, 2.24) is 0 Å². The van der Waals surface area contributed by atoms with Gasteiger partial charge in [0.15, 0.2) is 0 Å². The summed E-state index contributed by atoms with van der Waals surface area (Å²) in [6.07, 6.45) is 4.43. The zero-order valence-corrected chi connectivity index (χ0v) is 20.2. The Morgan fingerprint density at radius 3 is 1.93 bits per heavy atom. The molecule has 0 saturated carbocycles. The van der Waals surface area contributed by atoms with E-state index in [2.05, 4.69) is 13.2 Å². The summed E-state index contributed by atoms with van der Waals surface area (Å²) in [6, 6.07) is 18.4. The Balaban J connectivity index is 0.000000782. The van der Waals surface area contributed by atoms with Gasteiger partial charge in [-0.3, -0.25) is 0 Å². The van der Waals surface area contributed by atoms with Gasteiger partial charge >= 0.3 is 35.5 Å². The van der Waals surface area contributed by atoms with Crippen LogP contribution in [0, 0.1) is 0 Å². The molecule has 0 aliphatic rings. The van der Waals surface area contributed by atoms with Crippen LogP contribution >= 0.6 is 0 Å². The number of carbonyl (C=O) groups excluding carboxylic acids is 1. The predicted octanol–water partition coefficient (Wildman–Crippen LogP) is 1.81. The molecule has 2 aromatic carbocycles. The molecule has 0 spiro atoms. The van der Waals surface area contributed by atoms with E-state index >= 15 is 0 Å². The molecule has 7 heteroatoms. The van der Waals surface area contributed by atoms with Crippen LogP contribution in [0.2, 0.25) is 0 Å². The van der Waals surface area contributed by atoms with Gasteiger partial charge in [0.05, 0.1) is 17.1 Å². The zero-order chi connectivity index (χ0) is 21.7. The molecule has 154 valence electrons. The van der Waals surface area contributed by atoms with E-state index in [1.54, 1.807) is 30.3 Å². The number of carbonyl (C=O) groups is 1. The number of ether oxygens (including phenoxy) is 1. The number of benzene rings is 2. The maximum Gasteiger partial charge on any atom is 1.00 e. The molecule has 0 aliphatic heterocycles. The Hall–Kier alpha value is -1.96. The van der Waals surface area contributed by atoms with Gasteiger partial charge in [-0.2, -0.15) is 0 Å². The van der Waals surface area contributed by atoms with Gasteiger partial charge < -0.3 is 9.29 Å². The van der Waals surface area contributed by atoms with Gasteiger partial charge in [0.25, 0.3) is 0 Å². The fraction of sp³-hybridized carbons (Fsp3) is 0.174. The number of unbranched alkanes of at least 4 members (excludes halogenated alkanes) is 1. The van der Waals surface area contributed by atoms with Gasteiger partial charge in [-0.1, -0.05) is 93.2 Å². The summed E-state index contributed by atoms with van der Waals surface area (Å²) < 4.78 is 38.8. The summed E-state index contributed by atoms with van der Waals surface area (Å²) in [4.78, 5) is 11.1. The third kappa shape index (κ3) is 10.7. The third-order valence-corrected chi connectivity index (χ3v) is 4.58. The Labute approximate surface area is 201 Å². The quantitative estimate of drug-likeness (QED) is 0.157. The fourth-order valence-electron chi connectivity index (χ4n) is 2.10. The molecule has 0 N–H and O–H groups in total. The van der Waals surface area contributed by atoms with Gasteiger partial charge in [0, 0.05) is 0 Å². The van der Waals surface area contributed by atoms with Gasteiger partial charge in [-0.25, -0.2) is 13.2 Å². The molecule has 5 nitrogen and oxygen atoms in total. The summed E-state index contributed by atoms with van der Waals surface area (Å²) in [5.74, 6) is -0.898. The minimum Gasteiger partial charge on any atom is -0.744 e. The van der Waals surface area contributed by atoms with Crippen LogP contribution in [-0.2, 0) is 19.6 Å². The van der Waals surface area contributed by atoms with Gasteiger partial charge in [-0.15, -0.1) is 0 Å². The van der Waals surface area contributed by atoms with Gasteiger partial charge in [0.1, 0.15) is 10.1 Å². The first kappa shape index (κ1) is 28.0. The molecule has 2 aromatic rings. The second-order valence-electron chi connectivity index (χ2n) is 5.96. The van der Waals surface area contributed by atoms with Crippen LogP contribution in [0.15, 0.2) is 84.3 Å². The van der Waals surface area contributed by atoms with Crippen molar-refractivity contribution in [3.8, 4) is 0 Å². The van der Waals surface area contributed by atoms with Crippen LogP contribution in [0.5, 0.6) is 0 Å². The molecular formula is C23H25NaO5S. The molecule has 2 rings (SSSR count). The molecule has 30 heavy (non-hydrogen) atoms. The van der Waals surface area contributed by atoms with Crippen molar-refractivity contribution >= 4 is 28.2 Å². The predicted molar refractivity (Wildman–Crippen MR) is 116 cm³/mol. The molecule has 0 radical (unpaired) electrons. The number of esters is 1. The van der Waals surface area contributed by atoms with Crippen molar-refractivity contribution in [2.75, 3.05) is 6.61 Å². The van der Waals surface area contributed by atoms with Crippen LogP contribution in [0.25, 0.3) is 12.2 Å². The van der Waals surface area contributed by atoms with Gasteiger partial charge in [-0.05, 0) is 23.6 Å². The maximum atomic E-state index is 11.7. The normalized spacial score (nSPS) is 10.7. The Morgan fingerprint density at radius 2 is 1.53 bits per heavy atom. The summed E-state index contributed by atoms with van der Waals surface area (Å²) in [7, 11) is -4.83. The van der Waals surface area contributed by atoms with E-state index in [0.717, 1.165) is 12.5 Å². The minimum atomic E-state index is -4.83. The molecule has 0 saturated heterocycles. The van der Waals surface area contributed by atoms with E-state index in [-0.39, 0.29) is 36.2 Å². The molecule has 0 aromatic heterocycles. The van der Waals surface area contributed by atoms with Crippen LogP contribution < -0.4 is 29.6 Å². The van der Waals surface area contributed by atoms with E-state index < -0.39 is 26.6 Å². The Morgan fingerprint density at radius 1 is 1.03 bits per heavy atom. The summed E-state index contributed by atoms with van der Waals surface area (Å²) in [5, 5.41) is 0. The summed E-state index contributed by atoms with van der Waals surface area (Å²) in [5.41, 5.74) is 1.20. The van der Waals surface area contributed by atoms with E-state index in [9.17, 15) is 17.8 Å². The van der Waals surface area contributed by atoms with Gasteiger partial charge in [0.2, 0.25) is 0 Å². The molecule has 0 atom stereocenters. The molecule has 0 unspecified atom stereocenters. The van der Waals surface area contributed by atoms with E-state index in [0.29, 0.717) is 12.0 Å². The van der Waals surface area contributed by atoms with Crippen molar-refractivity contribution in [1.29, 1.82) is 0 Å². The topological polar surface area (TPSA) is 83.5 Å². The second kappa shape index (κ2) is 14.9. The Bertz CT molecular complexity index is 936. The minimum absolute atomic E-state index is 0. The standard InChI is InChI=1S/C15H18O5S.C8H8.Na/c1-3-4-10-20-15(16)12(2)14(21(17,18)19)11-13-8-6-5-7-9-13;1-2-8-6-4-3-5-7-8;/h5-9,11H,2-4,10H2,1H3,(H,17,18,19);2-7H,1H2;/q;;+1/p-1. The number of hydrogen-bond donors (Lipinski definition) is 0.